The number of nitrogens with zero attached hydrogens (tertiary/aromatic N) is 2. The first-order chi connectivity index (χ1) is 13.8. The van der Waals surface area contributed by atoms with Crippen LogP contribution in [0.2, 0.25) is 0 Å². The number of H-pyrrole nitrogens is 1. The van der Waals surface area contributed by atoms with Crippen molar-refractivity contribution in [1.82, 2.24) is 20.2 Å². The second kappa shape index (κ2) is 8.82. The van der Waals surface area contributed by atoms with Crippen molar-refractivity contribution < 1.29 is 9.59 Å². The third-order valence-electron chi connectivity index (χ3n) is 5.17. The fourth-order valence-electron chi connectivity index (χ4n) is 3.71. The third kappa shape index (κ3) is 4.70. The number of halogens is 1. The van der Waals surface area contributed by atoms with E-state index in [9.17, 15) is 19.6 Å². The highest BCUT2D eigenvalue weighted by Gasteiger charge is 2.30. The number of pyridine rings is 1. The zero-order valence-electron chi connectivity index (χ0n) is 16.4. The maximum absolute atomic E-state index is 13.1. The Bertz CT molecular complexity index is 1020. The molecule has 0 bridgehead atoms. The Balaban J connectivity index is 1.85. The second-order valence-electron chi connectivity index (χ2n) is 7.82. The first-order valence-corrected chi connectivity index (χ1v) is 10.5. The number of nitrogens with one attached hydrogen (secondary N) is 3. The molecule has 3 heterocycles. The predicted molar refractivity (Wildman–Crippen MR) is 112 cm³/mol. The van der Waals surface area contributed by atoms with Crippen LogP contribution in [0.15, 0.2) is 27.7 Å². The summed E-state index contributed by atoms with van der Waals surface area (Å²) in [7, 11) is 0. The number of hydrogen-bond acceptors (Lipinski definition) is 4. The van der Waals surface area contributed by atoms with Crippen molar-refractivity contribution in [1.29, 1.82) is 5.26 Å². The van der Waals surface area contributed by atoms with Gasteiger partial charge in [-0.15, -0.1) is 0 Å². The first kappa shape index (κ1) is 21.1. The Morgan fingerprint density at radius 3 is 2.83 bits per heavy atom. The number of carbonyl (C=O) groups is 2. The van der Waals surface area contributed by atoms with Crippen molar-refractivity contribution in [3.8, 4) is 6.07 Å². The van der Waals surface area contributed by atoms with Crippen molar-refractivity contribution in [3.05, 3.63) is 33.3 Å². The molecular formula is C20H24BrN5O3. The molecular weight excluding hydrogens is 438 g/mol. The summed E-state index contributed by atoms with van der Waals surface area (Å²) in [4.78, 5) is 40.8. The maximum Gasteiger partial charge on any atom is 0.275 e. The Labute approximate surface area is 176 Å². The molecule has 2 aromatic rings. The van der Waals surface area contributed by atoms with Crippen molar-refractivity contribution in [3.63, 3.8) is 0 Å². The number of nitriles is 1. The van der Waals surface area contributed by atoms with Crippen LogP contribution in [0.5, 0.6) is 0 Å². The van der Waals surface area contributed by atoms with Crippen LogP contribution < -0.4 is 16.2 Å². The molecule has 1 fully saturated rings. The standard InChI is InChI=1S/C20H24BrN5O3/c1-11(2)7-15(26-6-4-12-9-16(21)25-17(12)20(26)29)19(28)24-14(10-22)8-13-3-5-23-18(13)27/h4,6,9,11,13-15,25H,3,5,7-8H2,1-2H3,(H,23,27)(H,24,28)/t13-,14?,15?/m0/s1. The summed E-state index contributed by atoms with van der Waals surface area (Å²) in [5, 5.41) is 15.7. The molecule has 2 unspecified atom stereocenters. The summed E-state index contributed by atoms with van der Waals surface area (Å²) in [6, 6.07) is 4.12. The van der Waals surface area contributed by atoms with E-state index in [1.807, 2.05) is 13.8 Å². The largest absolute Gasteiger partial charge is 0.356 e. The Hall–Kier alpha value is -2.60. The molecule has 29 heavy (non-hydrogen) atoms. The van der Waals surface area contributed by atoms with Crippen LogP contribution in [-0.4, -0.2) is 34.0 Å². The van der Waals surface area contributed by atoms with Gasteiger partial charge in [0.2, 0.25) is 11.8 Å². The van der Waals surface area contributed by atoms with Gasteiger partial charge in [-0.1, -0.05) is 13.8 Å². The molecule has 0 aromatic carbocycles. The topological polar surface area (TPSA) is 120 Å². The fraction of sp³-hybridized carbons (Fsp3) is 0.500. The normalized spacial score (nSPS) is 18.4. The number of amides is 2. The molecule has 0 radical (unpaired) electrons. The van der Waals surface area contributed by atoms with E-state index in [1.54, 1.807) is 18.3 Å². The van der Waals surface area contributed by atoms with Gasteiger partial charge in [-0.25, -0.2) is 0 Å². The fourth-order valence-corrected chi connectivity index (χ4v) is 4.15. The number of rotatable bonds is 7. The monoisotopic (exact) mass is 461 g/mol. The van der Waals surface area contributed by atoms with Crippen LogP contribution >= 0.6 is 15.9 Å². The van der Waals surface area contributed by atoms with E-state index >= 15 is 0 Å². The molecule has 1 aliphatic heterocycles. The van der Waals surface area contributed by atoms with E-state index in [1.165, 1.54) is 4.57 Å². The number of fused-ring (bicyclic) bond motifs is 1. The molecule has 1 saturated heterocycles. The average Bonchev–Trinajstić information content (AvgIpc) is 3.25. The summed E-state index contributed by atoms with van der Waals surface area (Å²) in [6.07, 6.45) is 2.98. The molecule has 9 heteroatoms. The number of carbonyl (C=O) groups excluding carboxylic acids is 2. The number of aromatic nitrogens is 2. The van der Waals surface area contributed by atoms with Gasteiger partial charge in [0.25, 0.3) is 5.56 Å². The van der Waals surface area contributed by atoms with Crippen molar-refractivity contribution in [2.75, 3.05) is 6.54 Å². The van der Waals surface area contributed by atoms with Crippen molar-refractivity contribution in [2.45, 2.75) is 45.2 Å². The molecule has 154 valence electrons. The lowest BCUT2D eigenvalue weighted by Crippen LogP contribution is -2.43. The zero-order chi connectivity index (χ0) is 21.1. The molecule has 0 spiro atoms. The predicted octanol–water partition coefficient (Wildman–Crippen LogP) is 2.21. The van der Waals surface area contributed by atoms with E-state index in [0.29, 0.717) is 29.5 Å². The van der Waals surface area contributed by atoms with Crippen LogP contribution in [0, 0.1) is 23.2 Å². The smallest absolute Gasteiger partial charge is 0.275 e. The molecule has 0 saturated carbocycles. The minimum absolute atomic E-state index is 0.0859. The molecule has 1 aliphatic rings. The van der Waals surface area contributed by atoms with Crippen LogP contribution in [0.3, 0.4) is 0 Å². The zero-order valence-corrected chi connectivity index (χ0v) is 18.0. The molecule has 2 amide bonds. The van der Waals surface area contributed by atoms with E-state index in [0.717, 1.165) is 5.39 Å². The van der Waals surface area contributed by atoms with Crippen LogP contribution in [-0.2, 0) is 9.59 Å². The lowest BCUT2D eigenvalue weighted by molar-refractivity contribution is -0.126. The van der Waals surface area contributed by atoms with Gasteiger partial charge in [0, 0.05) is 24.0 Å². The van der Waals surface area contributed by atoms with Crippen molar-refractivity contribution >= 4 is 38.6 Å². The minimum atomic E-state index is -0.787. The van der Waals surface area contributed by atoms with Crippen molar-refractivity contribution in [2.24, 2.45) is 11.8 Å². The first-order valence-electron chi connectivity index (χ1n) is 9.67. The van der Waals surface area contributed by atoms with Crippen LogP contribution in [0.4, 0.5) is 0 Å². The second-order valence-corrected chi connectivity index (χ2v) is 8.68. The summed E-state index contributed by atoms with van der Waals surface area (Å²) in [5.41, 5.74) is 0.123. The quantitative estimate of drug-likeness (QED) is 0.585. The van der Waals surface area contributed by atoms with E-state index in [2.05, 4.69) is 37.6 Å². The highest BCUT2D eigenvalue weighted by Crippen LogP contribution is 2.22. The van der Waals surface area contributed by atoms with Gasteiger partial charge in [-0.3, -0.25) is 14.4 Å². The highest BCUT2D eigenvalue weighted by molar-refractivity contribution is 9.10. The summed E-state index contributed by atoms with van der Waals surface area (Å²) in [6.45, 7) is 4.53. The highest BCUT2D eigenvalue weighted by atomic mass is 79.9. The van der Waals surface area contributed by atoms with Gasteiger partial charge in [0.1, 0.15) is 17.6 Å². The maximum atomic E-state index is 13.1. The number of hydrogen-bond donors (Lipinski definition) is 3. The third-order valence-corrected chi connectivity index (χ3v) is 5.59. The Morgan fingerprint density at radius 2 is 2.21 bits per heavy atom. The van der Waals surface area contributed by atoms with Crippen LogP contribution in [0.25, 0.3) is 10.9 Å². The lowest BCUT2D eigenvalue weighted by atomic mass is 9.98. The molecule has 3 rings (SSSR count). The Morgan fingerprint density at radius 1 is 1.45 bits per heavy atom. The number of aromatic amines is 1. The van der Waals surface area contributed by atoms with Gasteiger partial charge < -0.3 is 20.2 Å². The van der Waals surface area contributed by atoms with Gasteiger partial charge in [-0.2, -0.15) is 5.26 Å². The lowest BCUT2D eigenvalue weighted by Gasteiger charge is -2.23. The van der Waals surface area contributed by atoms with Gasteiger partial charge in [0.15, 0.2) is 0 Å². The molecule has 2 aromatic heterocycles. The summed E-state index contributed by atoms with van der Waals surface area (Å²) in [5.74, 6) is -0.600. The summed E-state index contributed by atoms with van der Waals surface area (Å²) < 4.78 is 2.10. The minimum Gasteiger partial charge on any atom is -0.356 e. The molecule has 0 aliphatic carbocycles. The molecule has 8 nitrogen and oxygen atoms in total. The van der Waals surface area contributed by atoms with E-state index < -0.39 is 18.0 Å². The van der Waals surface area contributed by atoms with E-state index in [4.69, 9.17) is 0 Å². The van der Waals surface area contributed by atoms with E-state index in [-0.39, 0.29) is 29.7 Å². The van der Waals surface area contributed by atoms with Crippen LogP contribution in [0.1, 0.15) is 39.2 Å². The molecule has 3 N–H and O–H groups in total. The molecule has 3 atom stereocenters. The SMILES string of the molecule is CC(C)CC(C(=O)NC(C#N)C[C@@H]1CCNC1=O)n1ccc2cc(Br)[nH]c2c1=O. The Kier molecular flexibility index (Phi) is 6.42. The summed E-state index contributed by atoms with van der Waals surface area (Å²) >= 11 is 3.33. The van der Waals surface area contributed by atoms with Gasteiger partial charge in [-0.05, 0) is 53.2 Å². The average molecular weight is 462 g/mol. The van der Waals surface area contributed by atoms with Gasteiger partial charge in [0.05, 0.1) is 10.7 Å². The van der Waals surface area contributed by atoms with Gasteiger partial charge >= 0.3 is 0 Å².